The molecular formula is C20H19ClN6OS. The number of amides is 1. The van der Waals surface area contributed by atoms with E-state index in [1.807, 2.05) is 41.9 Å². The van der Waals surface area contributed by atoms with Crippen molar-refractivity contribution in [1.82, 2.24) is 29.9 Å². The average molecular weight is 427 g/mol. The quantitative estimate of drug-likeness (QED) is 0.536. The van der Waals surface area contributed by atoms with Crippen molar-refractivity contribution >= 4 is 39.1 Å². The van der Waals surface area contributed by atoms with Gasteiger partial charge >= 0.3 is 0 Å². The Morgan fingerprint density at radius 3 is 2.90 bits per heavy atom. The van der Waals surface area contributed by atoms with Gasteiger partial charge in [-0.05, 0) is 50.1 Å². The van der Waals surface area contributed by atoms with Crippen LogP contribution in [0, 0.1) is 6.92 Å². The first-order valence-corrected chi connectivity index (χ1v) is 10.7. The third-order valence-electron chi connectivity index (χ3n) is 5.18. The molecule has 1 aromatic carbocycles. The maximum atomic E-state index is 12.8. The molecule has 4 aromatic rings. The van der Waals surface area contributed by atoms with Crippen LogP contribution in [0.4, 0.5) is 0 Å². The fourth-order valence-corrected chi connectivity index (χ4v) is 4.89. The Morgan fingerprint density at radius 2 is 2.07 bits per heavy atom. The highest BCUT2D eigenvalue weighted by Gasteiger charge is 2.19. The van der Waals surface area contributed by atoms with Gasteiger partial charge in [-0.25, -0.2) is 4.68 Å². The Bertz CT molecular complexity index is 1210. The number of aromatic nitrogens is 5. The summed E-state index contributed by atoms with van der Waals surface area (Å²) in [5.74, 6) is 1.72. The fourth-order valence-electron chi connectivity index (χ4n) is 3.66. The van der Waals surface area contributed by atoms with Crippen molar-refractivity contribution in [3.63, 3.8) is 0 Å². The number of nitrogens with zero attached hydrogens (tertiary/aromatic N) is 5. The predicted molar refractivity (Wildman–Crippen MR) is 113 cm³/mol. The first-order valence-electron chi connectivity index (χ1n) is 9.54. The second kappa shape index (κ2) is 7.27. The van der Waals surface area contributed by atoms with Crippen molar-refractivity contribution in [2.24, 2.45) is 0 Å². The van der Waals surface area contributed by atoms with Gasteiger partial charge in [0.2, 0.25) is 0 Å². The number of hydrogen-bond donors (Lipinski definition) is 1. The molecule has 5 rings (SSSR count). The Labute approximate surface area is 176 Å². The zero-order valence-electron chi connectivity index (χ0n) is 15.9. The summed E-state index contributed by atoms with van der Waals surface area (Å²) in [6.07, 6.45) is 3.23. The van der Waals surface area contributed by atoms with Crippen molar-refractivity contribution < 1.29 is 4.79 Å². The zero-order chi connectivity index (χ0) is 20.0. The summed E-state index contributed by atoms with van der Waals surface area (Å²) >= 11 is 7.43. The highest BCUT2D eigenvalue weighted by atomic mass is 35.5. The van der Waals surface area contributed by atoms with E-state index in [2.05, 4.69) is 25.2 Å². The van der Waals surface area contributed by atoms with Crippen molar-refractivity contribution in [2.75, 3.05) is 0 Å². The van der Waals surface area contributed by atoms with Crippen LogP contribution in [-0.4, -0.2) is 30.5 Å². The molecule has 1 aliphatic rings. The van der Waals surface area contributed by atoms with Crippen LogP contribution in [0.1, 0.15) is 39.9 Å². The molecule has 1 amide bonds. The summed E-state index contributed by atoms with van der Waals surface area (Å²) in [7, 11) is 0. The van der Waals surface area contributed by atoms with Gasteiger partial charge in [0.05, 0.1) is 22.8 Å². The molecule has 0 saturated carbocycles. The van der Waals surface area contributed by atoms with E-state index in [0.29, 0.717) is 16.4 Å². The summed E-state index contributed by atoms with van der Waals surface area (Å²) in [5, 5.41) is 17.8. The molecule has 4 heterocycles. The van der Waals surface area contributed by atoms with Crippen LogP contribution in [0.15, 0.2) is 30.3 Å². The number of carbonyl (C=O) groups is 1. The number of thiophene rings is 1. The van der Waals surface area contributed by atoms with Gasteiger partial charge in [0, 0.05) is 23.4 Å². The summed E-state index contributed by atoms with van der Waals surface area (Å²) in [4.78, 5) is 14.4. The molecule has 9 heteroatoms. The minimum Gasteiger partial charge on any atom is -0.344 e. The maximum Gasteiger partial charge on any atom is 0.261 e. The average Bonchev–Trinajstić information content (AvgIpc) is 3.42. The molecule has 0 fully saturated rings. The minimum absolute atomic E-state index is 0.110. The lowest BCUT2D eigenvalue weighted by atomic mass is 10.2. The van der Waals surface area contributed by atoms with Crippen molar-refractivity contribution in [3.05, 3.63) is 57.6 Å². The summed E-state index contributed by atoms with van der Waals surface area (Å²) < 4.78 is 3.98. The monoisotopic (exact) mass is 426 g/mol. The molecule has 0 aliphatic carbocycles. The molecule has 0 radical (unpaired) electrons. The molecule has 3 aromatic heterocycles. The number of benzene rings is 1. The Morgan fingerprint density at radius 1 is 1.24 bits per heavy atom. The Balaban J connectivity index is 1.39. The SMILES string of the molecule is Cc1nn(-c2ccc(Cl)cc2)c2sc(C(=O)NCc3nnc4n3CCCC4)cc12. The second-order valence-corrected chi connectivity index (χ2v) is 8.59. The zero-order valence-corrected chi connectivity index (χ0v) is 17.4. The van der Waals surface area contributed by atoms with Crippen LogP contribution in [0.5, 0.6) is 0 Å². The number of carbonyl (C=O) groups excluding carboxylic acids is 1. The lowest BCUT2D eigenvalue weighted by Crippen LogP contribution is -2.25. The molecule has 0 saturated heterocycles. The number of aryl methyl sites for hydroxylation is 2. The largest absolute Gasteiger partial charge is 0.344 e. The molecule has 0 spiro atoms. The third kappa shape index (κ3) is 3.32. The van der Waals surface area contributed by atoms with Crippen LogP contribution in [0.2, 0.25) is 5.02 Å². The smallest absolute Gasteiger partial charge is 0.261 e. The van der Waals surface area contributed by atoms with Gasteiger partial charge < -0.3 is 9.88 Å². The molecule has 0 atom stereocenters. The topological polar surface area (TPSA) is 77.6 Å². The minimum atomic E-state index is -0.110. The van der Waals surface area contributed by atoms with Crippen LogP contribution in [0.3, 0.4) is 0 Å². The summed E-state index contributed by atoms with van der Waals surface area (Å²) in [6, 6.07) is 9.41. The van der Waals surface area contributed by atoms with Crippen molar-refractivity contribution in [2.45, 2.75) is 39.3 Å². The van der Waals surface area contributed by atoms with Crippen LogP contribution in [-0.2, 0) is 19.5 Å². The fraction of sp³-hybridized carbons (Fsp3) is 0.300. The predicted octanol–water partition coefficient (Wildman–Crippen LogP) is 3.91. The molecule has 148 valence electrons. The molecule has 1 aliphatic heterocycles. The number of nitrogens with one attached hydrogen (secondary N) is 1. The van der Waals surface area contributed by atoms with Gasteiger partial charge in [-0.15, -0.1) is 21.5 Å². The van der Waals surface area contributed by atoms with E-state index in [1.54, 1.807) is 0 Å². The summed E-state index contributed by atoms with van der Waals surface area (Å²) in [6.45, 7) is 3.25. The maximum absolute atomic E-state index is 12.8. The standard InChI is InChI=1S/C20H19ClN6OS/c1-12-15-10-16(29-20(15)27(25-12)14-7-5-13(21)6-8-14)19(28)22-11-18-24-23-17-4-2-3-9-26(17)18/h5-8,10H,2-4,9,11H2,1H3,(H,22,28). The van der Waals surface area contributed by atoms with Gasteiger partial charge in [-0.2, -0.15) is 5.10 Å². The number of rotatable bonds is 4. The molecular weight excluding hydrogens is 408 g/mol. The van der Waals surface area contributed by atoms with E-state index in [4.69, 9.17) is 11.6 Å². The van der Waals surface area contributed by atoms with E-state index in [1.165, 1.54) is 11.3 Å². The molecule has 7 nitrogen and oxygen atoms in total. The number of halogens is 1. The lowest BCUT2D eigenvalue weighted by molar-refractivity contribution is 0.0953. The highest BCUT2D eigenvalue weighted by molar-refractivity contribution is 7.20. The van der Waals surface area contributed by atoms with E-state index in [-0.39, 0.29) is 5.91 Å². The molecule has 1 N–H and O–H groups in total. The van der Waals surface area contributed by atoms with Crippen LogP contribution >= 0.6 is 22.9 Å². The van der Waals surface area contributed by atoms with Gasteiger partial charge in [-0.3, -0.25) is 4.79 Å². The Hall–Kier alpha value is -2.71. The van der Waals surface area contributed by atoms with Crippen LogP contribution < -0.4 is 5.32 Å². The third-order valence-corrected chi connectivity index (χ3v) is 6.54. The summed E-state index contributed by atoms with van der Waals surface area (Å²) in [5.41, 5.74) is 1.80. The molecule has 0 bridgehead atoms. The van der Waals surface area contributed by atoms with Gasteiger partial charge in [0.15, 0.2) is 5.82 Å². The highest BCUT2D eigenvalue weighted by Crippen LogP contribution is 2.30. The number of hydrogen-bond acceptors (Lipinski definition) is 5. The van der Waals surface area contributed by atoms with Crippen molar-refractivity contribution in [3.8, 4) is 5.69 Å². The first kappa shape index (κ1) is 18.3. The van der Waals surface area contributed by atoms with Gasteiger partial charge in [0.25, 0.3) is 5.91 Å². The lowest BCUT2D eigenvalue weighted by Gasteiger charge is -2.14. The van der Waals surface area contributed by atoms with E-state index < -0.39 is 0 Å². The van der Waals surface area contributed by atoms with Gasteiger partial charge in [-0.1, -0.05) is 11.6 Å². The van der Waals surface area contributed by atoms with Crippen molar-refractivity contribution in [1.29, 1.82) is 0 Å². The van der Waals surface area contributed by atoms with E-state index in [9.17, 15) is 4.79 Å². The molecule has 29 heavy (non-hydrogen) atoms. The number of fused-ring (bicyclic) bond motifs is 2. The van der Waals surface area contributed by atoms with E-state index in [0.717, 1.165) is 59.1 Å². The second-order valence-electron chi connectivity index (χ2n) is 7.13. The normalized spacial score (nSPS) is 13.6. The van der Waals surface area contributed by atoms with E-state index >= 15 is 0 Å². The Kier molecular flexibility index (Phi) is 4.60. The van der Waals surface area contributed by atoms with Gasteiger partial charge in [0.1, 0.15) is 10.7 Å². The van der Waals surface area contributed by atoms with Crippen LogP contribution in [0.25, 0.3) is 15.9 Å². The molecule has 0 unspecified atom stereocenters. The first-order chi connectivity index (χ1) is 14.1.